The van der Waals surface area contributed by atoms with Gasteiger partial charge in [0.2, 0.25) is 5.91 Å². The van der Waals surface area contributed by atoms with E-state index in [1.807, 2.05) is 0 Å². The Bertz CT molecular complexity index is 464. The molecular formula is C16H25ClFN3O. The monoisotopic (exact) mass is 329 g/mol. The molecule has 0 bridgehead atoms. The van der Waals surface area contributed by atoms with Crippen molar-refractivity contribution < 1.29 is 9.18 Å². The van der Waals surface area contributed by atoms with Crippen LogP contribution in [0.25, 0.3) is 0 Å². The summed E-state index contributed by atoms with van der Waals surface area (Å²) < 4.78 is 13.1. The Morgan fingerprint density at radius 1 is 1.36 bits per heavy atom. The molecule has 1 saturated heterocycles. The van der Waals surface area contributed by atoms with Crippen LogP contribution in [-0.2, 0) is 4.79 Å². The summed E-state index contributed by atoms with van der Waals surface area (Å²) in [6, 6.07) is 5.99. The van der Waals surface area contributed by atoms with Crippen LogP contribution in [0.4, 0.5) is 10.1 Å². The van der Waals surface area contributed by atoms with Crippen molar-refractivity contribution in [2.75, 3.05) is 38.0 Å². The molecule has 1 aromatic carbocycles. The first kappa shape index (κ1) is 18.9. The zero-order valence-electron chi connectivity index (χ0n) is 13.0. The van der Waals surface area contributed by atoms with E-state index in [1.54, 1.807) is 12.1 Å². The number of benzene rings is 1. The fraction of sp³-hybridized carbons (Fsp3) is 0.562. The van der Waals surface area contributed by atoms with E-state index in [0.717, 1.165) is 39.0 Å². The number of carbonyl (C=O) groups excluding carboxylic acids is 1. The lowest BCUT2D eigenvalue weighted by molar-refractivity contribution is -0.117. The fourth-order valence-electron chi connectivity index (χ4n) is 2.67. The standard InChI is InChI=1S/C16H24FN3O.ClH/c1-2-18-11-13-6-8-20(9-7-13)12-16(21)19-15-5-3-4-14(17)10-15;/h3-5,10,13,18H,2,6-9,11-12H2,1H3,(H,19,21);1H. The molecule has 1 aliphatic rings. The highest BCUT2D eigenvalue weighted by Gasteiger charge is 2.20. The van der Waals surface area contributed by atoms with E-state index in [4.69, 9.17) is 0 Å². The van der Waals surface area contributed by atoms with Crippen molar-refractivity contribution in [3.05, 3.63) is 30.1 Å². The maximum absolute atomic E-state index is 13.1. The SMILES string of the molecule is CCNCC1CCN(CC(=O)Nc2cccc(F)c2)CC1.Cl. The van der Waals surface area contributed by atoms with Crippen LogP contribution < -0.4 is 10.6 Å². The van der Waals surface area contributed by atoms with Crippen LogP contribution in [0.1, 0.15) is 19.8 Å². The number of nitrogens with one attached hydrogen (secondary N) is 2. The van der Waals surface area contributed by atoms with Crippen molar-refractivity contribution in [2.24, 2.45) is 5.92 Å². The Morgan fingerprint density at radius 3 is 2.73 bits per heavy atom. The van der Waals surface area contributed by atoms with E-state index < -0.39 is 0 Å². The summed E-state index contributed by atoms with van der Waals surface area (Å²) in [7, 11) is 0. The summed E-state index contributed by atoms with van der Waals surface area (Å²) in [5, 5.41) is 6.12. The van der Waals surface area contributed by atoms with Crippen molar-refractivity contribution in [1.82, 2.24) is 10.2 Å². The molecule has 0 aliphatic carbocycles. The molecule has 124 valence electrons. The summed E-state index contributed by atoms with van der Waals surface area (Å²) in [5.74, 6) is 0.301. The van der Waals surface area contributed by atoms with Gasteiger partial charge in [0.05, 0.1) is 6.54 Å². The molecule has 0 radical (unpaired) electrons. The van der Waals surface area contributed by atoms with E-state index in [-0.39, 0.29) is 24.1 Å². The molecule has 6 heteroatoms. The maximum atomic E-state index is 13.1. The van der Waals surface area contributed by atoms with Crippen LogP contribution in [0, 0.1) is 11.7 Å². The zero-order chi connectivity index (χ0) is 15.1. The van der Waals surface area contributed by atoms with Crippen molar-refractivity contribution >= 4 is 24.0 Å². The van der Waals surface area contributed by atoms with Gasteiger partial charge in [-0.2, -0.15) is 0 Å². The van der Waals surface area contributed by atoms with Gasteiger partial charge in [0.25, 0.3) is 0 Å². The lowest BCUT2D eigenvalue weighted by Gasteiger charge is -2.31. The lowest BCUT2D eigenvalue weighted by Crippen LogP contribution is -2.41. The highest BCUT2D eigenvalue weighted by Crippen LogP contribution is 2.16. The molecule has 22 heavy (non-hydrogen) atoms. The van der Waals surface area contributed by atoms with E-state index in [0.29, 0.717) is 18.2 Å². The summed E-state index contributed by atoms with van der Waals surface area (Å²) in [5.41, 5.74) is 0.516. The van der Waals surface area contributed by atoms with Crippen molar-refractivity contribution in [2.45, 2.75) is 19.8 Å². The van der Waals surface area contributed by atoms with Gasteiger partial charge in [-0.25, -0.2) is 4.39 Å². The normalized spacial score (nSPS) is 16.1. The minimum absolute atomic E-state index is 0. The van der Waals surface area contributed by atoms with Gasteiger partial charge in [0.15, 0.2) is 0 Å². The third kappa shape index (κ3) is 6.30. The molecule has 2 rings (SSSR count). The quantitative estimate of drug-likeness (QED) is 0.843. The third-order valence-corrected chi connectivity index (χ3v) is 3.87. The molecule has 1 aliphatic heterocycles. The summed E-state index contributed by atoms with van der Waals surface area (Å²) in [6.45, 7) is 6.48. The van der Waals surface area contributed by atoms with Gasteiger partial charge < -0.3 is 10.6 Å². The molecule has 0 atom stereocenters. The number of halogens is 2. The van der Waals surface area contributed by atoms with Crippen molar-refractivity contribution in [1.29, 1.82) is 0 Å². The molecule has 1 fully saturated rings. The van der Waals surface area contributed by atoms with Crippen molar-refractivity contribution in [3.8, 4) is 0 Å². The Morgan fingerprint density at radius 2 is 2.09 bits per heavy atom. The molecule has 4 nitrogen and oxygen atoms in total. The van der Waals surface area contributed by atoms with Crippen LogP contribution in [0.3, 0.4) is 0 Å². The fourth-order valence-corrected chi connectivity index (χ4v) is 2.67. The van der Waals surface area contributed by atoms with Gasteiger partial charge in [-0.1, -0.05) is 13.0 Å². The highest BCUT2D eigenvalue weighted by atomic mass is 35.5. The minimum atomic E-state index is -0.336. The number of amides is 1. The number of hydrogen-bond donors (Lipinski definition) is 2. The Kier molecular flexibility index (Phi) is 8.38. The predicted octanol–water partition coefficient (Wildman–Crippen LogP) is 2.51. The Balaban J connectivity index is 0.00000242. The van der Waals surface area contributed by atoms with Gasteiger partial charge in [0.1, 0.15) is 5.82 Å². The predicted molar refractivity (Wildman–Crippen MR) is 90.0 cm³/mol. The van der Waals surface area contributed by atoms with Gasteiger partial charge in [-0.05, 0) is 63.1 Å². The number of likely N-dealkylation sites (tertiary alicyclic amines) is 1. The van der Waals surface area contributed by atoms with Crippen LogP contribution in [-0.4, -0.2) is 43.5 Å². The maximum Gasteiger partial charge on any atom is 0.238 e. The second-order valence-corrected chi connectivity index (χ2v) is 5.59. The number of carbonyl (C=O) groups is 1. The van der Waals surface area contributed by atoms with Gasteiger partial charge in [-0.15, -0.1) is 12.4 Å². The van der Waals surface area contributed by atoms with Crippen LogP contribution in [0.5, 0.6) is 0 Å². The largest absolute Gasteiger partial charge is 0.325 e. The number of nitrogens with zero attached hydrogens (tertiary/aromatic N) is 1. The second-order valence-electron chi connectivity index (χ2n) is 5.59. The van der Waals surface area contributed by atoms with Crippen LogP contribution >= 0.6 is 12.4 Å². The van der Waals surface area contributed by atoms with Crippen LogP contribution in [0.15, 0.2) is 24.3 Å². The molecule has 0 spiro atoms. The number of hydrogen-bond acceptors (Lipinski definition) is 3. The highest BCUT2D eigenvalue weighted by molar-refractivity contribution is 5.92. The van der Waals surface area contributed by atoms with E-state index in [1.165, 1.54) is 12.1 Å². The molecule has 0 aromatic heterocycles. The first-order valence-electron chi connectivity index (χ1n) is 7.66. The van der Waals surface area contributed by atoms with Gasteiger partial charge in [0, 0.05) is 5.69 Å². The van der Waals surface area contributed by atoms with E-state index >= 15 is 0 Å². The van der Waals surface area contributed by atoms with E-state index in [9.17, 15) is 9.18 Å². The minimum Gasteiger partial charge on any atom is -0.325 e. The lowest BCUT2D eigenvalue weighted by atomic mass is 9.97. The average Bonchev–Trinajstić information content (AvgIpc) is 2.46. The molecule has 0 saturated carbocycles. The molecule has 1 heterocycles. The van der Waals surface area contributed by atoms with E-state index in [2.05, 4.69) is 22.5 Å². The summed E-state index contributed by atoms with van der Waals surface area (Å²) in [4.78, 5) is 14.1. The topological polar surface area (TPSA) is 44.4 Å². The number of anilines is 1. The summed E-state index contributed by atoms with van der Waals surface area (Å²) >= 11 is 0. The molecule has 0 unspecified atom stereocenters. The summed E-state index contributed by atoms with van der Waals surface area (Å²) in [6.07, 6.45) is 2.25. The Labute approximate surface area is 137 Å². The van der Waals surface area contributed by atoms with Crippen molar-refractivity contribution in [3.63, 3.8) is 0 Å². The molecule has 1 amide bonds. The molecule has 2 N–H and O–H groups in total. The first-order chi connectivity index (χ1) is 10.2. The number of rotatable bonds is 6. The molecular weight excluding hydrogens is 305 g/mol. The average molecular weight is 330 g/mol. The smallest absolute Gasteiger partial charge is 0.238 e. The van der Waals surface area contributed by atoms with Gasteiger partial charge >= 0.3 is 0 Å². The Hall–Kier alpha value is -1.17. The molecule has 1 aromatic rings. The third-order valence-electron chi connectivity index (χ3n) is 3.87. The number of piperidine rings is 1. The van der Waals surface area contributed by atoms with Crippen LogP contribution in [0.2, 0.25) is 0 Å². The first-order valence-corrected chi connectivity index (χ1v) is 7.66. The van der Waals surface area contributed by atoms with Gasteiger partial charge in [-0.3, -0.25) is 9.69 Å². The zero-order valence-corrected chi connectivity index (χ0v) is 13.8. The second kappa shape index (κ2) is 9.77.